The molecular weight excluding hydrogens is 326 g/mol. The van der Waals surface area contributed by atoms with Gasteiger partial charge in [0.15, 0.2) is 4.77 Å². The van der Waals surface area contributed by atoms with Crippen LogP contribution in [-0.4, -0.2) is 34.1 Å². The quantitative estimate of drug-likeness (QED) is 0.622. The second-order valence-electron chi connectivity index (χ2n) is 5.35. The van der Waals surface area contributed by atoms with Gasteiger partial charge in [0, 0.05) is 7.11 Å². The standard InChI is InChI=1S/C17H21N3O3S/c1-4-13(18-12-7-5-11(2)6-8-12)14-15(21)19-17(24)20(16(14)22)9-10-23-3/h5-8,22H,4,9-10H2,1-3H3,(H,19,21,24). The highest BCUT2D eigenvalue weighted by atomic mass is 32.1. The van der Waals surface area contributed by atoms with Crippen molar-refractivity contribution in [2.45, 2.75) is 26.8 Å². The smallest absolute Gasteiger partial charge is 0.264 e. The number of H-pyrrole nitrogens is 1. The minimum atomic E-state index is -0.445. The van der Waals surface area contributed by atoms with E-state index in [4.69, 9.17) is 17.0 Å². The van der Waals surface area contributed by atoms with E-state index < -0.39 is 5.56 Å². The van der Waals surface area contributed by atoms with Gasteiger partial charge >= 0.3 is 0 Å². The van der Waals surface area contributed by atoms with Crippen LogP contribution in [0.3, 0.4) is 0 Å². The van der Waals surface area contributed by atoms with Crippen molar-refractivity contribution in [2.75, 3.05) is 13.7 Å². The van der Waals surface area contributed by atoms with E-state index in [0.29, 0.717) is 25.3 Å². The number of aryl methyl sites for hydroxylation is 1. The summed E-state index contributed by atoms with van der Waals surface area (Å²) in [5, 5.41) is 10.5. The first-order valence-electron chi connectivity index (χ1n) is 7.67. The summed E-state index contributed by atoms with van der Waals surface area (Å²) in [6, 6.07) is 7.63. The molecule has 2 rings (SSSR count). The summed E-state index contributed by atoms with van der Waals surface area (Å²) in [7, 11) is 1.56. The van der Waals surface area contributed by atoms with E-state index in [1.54, 1.807) is 7.11 Å². The molecule has 1 heterocycles. The van der Waals surface area contributed by atoms with E-state index >= 15 is 0 Å². The summed E-state index contributed by atoms with van der Waals surface area (Å²) in [5.74, 6) is -0.187. The maximum Gasteiger partial charge on any atom is 0.264 e. The number of hydrogen-bond acceptors (Lipinski definition) is 5. The Morgan fingerprint density at radius 1 is 1.38 bits per heavy atom. The van der Waals surface area contributed by atoms with E-state index in [0.717, 1.165) is 11.3 Å². The van der Waals surface area contributed by atoms with Crippen LogP contribution in [0, 0.1) is 11.7 Å². The fourth-order valence-electron chi connectivity index (χ4n) is 2.30. The number of hydrogen-bond donors (Lipinski definition) is 2. The van der Waals surface area contributed by atoms with Crippen molar-refractivity contribution in [1.82, 2.24) is 9.55 Å². The molecule has 0 atom stereocenters. The van der Waals surface area contributed by atoms with Gasteiger partial charge in [-0.15, -0.1) is 0 Å². The van der Waals surface area contributed by atoms with Gasteiger partial charge in [0.1, 0.15) is 5.56 Å². The van der Waals surface area contributed by atoms with Gasteiger partial charge in [-0.1, -0.05) is 24.6 Å². The predicted octanol–water partition coefficient (Wildman–Crippen LogP) is 3.10. The van der Waals surface area contributed by atoms with Gasteiger partial charge < -0.3 is 9.84 Å². The zero-order valence-electron chi connectivity index (χ0n) is 14.0. The van der Waals surface area contributed by atoms with Crippen LogP contribution in [-0.2, 0) is 11.3 Å². The fraction of sp³-hybridized carbons (Fsp3) is 0.353. The lowest BCUT2D eigenvalue weighted by atomic mass is 10.1. The lowest BCUT2D eigenvalue weighted by Crippen LogP contribution is -2.23. The summed E-state index contributed by atoms with van der Waals surface area (Å²) < 4.78 is 6.62. The maximum absolute atomic E-state index is 12.3. The Bertz CT molecular complexity index is 851. The van der Waals surface area contributed by atoms with Crippen molar-refractivity contribution in [3.63, 3.8) is 0 Å². The minimum absolute atomic E-state index is 0.141. The third-order valence-electron chi connectivity index (χ3n) is 3.61. The summed E-state index contributed by atoms with van der Waals surface area (Å²) in [5.41, 5.74) is 2.04. The average molecular weight is 347 g/mol. The van der Waals surface area contributed by atoms with Crippen LogP contribution >= 0.6 is 12.2 Å². The topological polar surface area (TPSA) is 79.6 Å². The highest BCUT2D eigenvalue weighted by molar-refractivity contribution is 7.71. The number of nitrogens with zero attached hydrogens (tertiary/aromatic N) is 2. The van der Waals surface area contributed by atoms with Gasteiger partial charge in [-0.25, -0.2) is 0 Å². The Labute approximate surface area is 145 Å². The maximum atomic E-state index is 12.3. The van der Waals surface area contributed by atoms with E-state index in [1.165, 1.54) is 4.57 Å². The first-order valence-corrected chi connectivity index (χ1v) is 8.08. The van der Waals surface area contributed by atoms with Crippen molar-refractivity contribution >= 4 is 23.6 Å². The molecule has 0 aliphatic carbocycles. The Hall–Kier alpha value is -2.25. The van der Waals surface area contributed by atoms with Crippen molar-refractivity contribution in [2.24, 2.45) is 4.99 Å². The molecule has 0 radical (unpaired) electrons. The number of aromatic nitrogens is 2. The zero-order valence-corrected chi connectivity index (χ0v) is 14.8. The van der Waals surface area contributed by atoms with Gasteiger partial charge in [-0.3, -0.25) is 19.3 Å². The van der Waals surface area contributed by atoms with Crippen LogP contribution in [0.4, 0.5) is 5.69 Å². The van der Waals surface area contributed by atoms with Gasteiger partial charge in [-0.2, -0.15) is 0 Å². The lowest BCUT2D eigenvalue weighted by molar-refractivity contribution is 0.182. The molecule has 0 saturated carbocycles. The molecule has 2 N–H and O–H groups in total. The van der Waals surface area contributed by atoms with Crippen LogP contribution in [0.5, 0.6) is 5.88 Å². The molecule has 0 saturated heterocycles. The number of aromatic hydroxyl groups is 1. The van der Waals surface area contributed by atoms with Crippen LogP contribution in [0.15, 0.2) is 34.1 Å². The molecule has 1 aromatic carbocycles. The molecule has 6 nitrogen and oxygen atoms in total. The lowest BCUT2D eigenvalue weighted by Gasteiger charge is -2.13. The Balaban J connectivity index is 2.57. The largest absolute Gasteiger partial charge is 0.494 e. The normalized spacial score (nSPS) is 11.7. The Morgan fingerprint density at radius 2 is 2.04 bits per heavy atom. The number of aliphatic imine (C=N–C) groups is 1. The van der Waals surface area contributed by atoms with Crippen LogP contribution < -0.4 is 5.56 Å². The number of methoxy groups -OCH3 is 1. The molecule has 1 aromatic heterocycles. The second kappa shape index (κ2) is 8.03. The summed E-state index contributed by atoms with van der Waals surface area (Å²) in [6.45, 7) is 4.58. The second-order valence-corrected chi connectivity index (χ2v) is 5.74. The van der Waals surface area contributed by atoms with Gasteiger partial charge in [0.05, 0.1) is 24.6 Å². The molecule has 0 bridgehead atoms. The molecule has 7 heteroatoms. The number of benzene rings is 1. The predicted molar refractivity (Wildman–Crippen MR) is 97.1 cm³/mol. The summed E-state index contributed by atoms with van der Waals surface area (Å²) in [6.07, 6.45) is 0.492. The average Bonchev–Trinajstić information content (AvgIpc) is 2.55. The highest BCUT2D eigenvalue weighted by Crippen LogP contribution is 2.20. The van der Waals surface area contributed by atoms with Gasteiger partial charge in [0.25, 0.3) is 5.56 Å². The zero-order chi connectivity index (χ0) is 17.7. The molecule has 0 spiro atoms. The van der Waals surface area contributed by atoms with Crippen molar-refractivity contribution in [3.8, 4) is 5.88 Å². The SMILES string of the molecule is CCC(=Nc1ccc(C)cc1)c1c(O)n(CCOC)c(=S)[nH]c1=O. The van der Waals surface area contributed by atoms with E-state index in [2.05, 4.69) is 9.98 Å². The van der Waals surface area contributed by atoms with Gasteiger partial charge in [-0.05, 0) is 37.7 Å². The van der Waals surface area contributed by atoms with Crippen molar-refractivity contribution in [3.05, 3.63) is 50.5 Å². The van der Waals surface area contributed by atoms with E-state index in [9.17, 15) is 9.90 Å². The Kier molecular flexibility index (Phi) is 6.05. The first-order chi connectivity index (χ1) is 11.5. The van der Waals surface area contributed by atoms with Crippen LogP contribution in [0.2, 0.25) is 0 Å². The summed E-state index contributed by atoms with van der Waals surface area (Å²) in [4.78, 5) is 19.4. The fourth-order valence-corrected chi connectivity index (χ4v) is 2.57. The number of nitrogens with one attached hydrogen (secondary N) is 1. The van der Waals surface area contributed by atoms with E-state index in [1.807, 2.05) is 38.1 Å². The molecule has 2 aromatic rings. The highest BCUT2D eigenvalue weighted by Gasteiger charge is 2.17. The molecule has 128 valence electrons. The molecule has 0 aliphatic rings. The van der Waals surface area contributed by atoms with Crippen molar-refractivity contribution in [1.29, 1.82) is 0 Å². The number of rotatable bonds is 6. The molecular formula is C17H21N3O3S. The molecule has 0 fully saturated rings. The third-order valence-corrected chi connectivity index (χ3v) is 3.93. The third kappa shape index (κ3) is 3.98. The Morgan fingerprint density at radius 3 is 2.62 bits per heavy atom. The number of ether oxygens (including phenoxy) is 1. The molecule has 0 unspecified atom stereocenters. The van der Waals surface area contributed by atoms with Crippen LogP contribution in [0.1, 0.15) is 24.5 Å². The van der Waals surface area contributed by atoms with Gasteiger partial charge in [0.2, 0.25) is 5.88 Å². The summed E-state index contributed by atoms with van der Waals surface area (Å²) >= 11 is 5.12. The monoisotopic (exact) mass is 347 g/mol. The molecule has 24 heavy (non-hydrogen) atoms. The molecule has 0 aliphatic heterocycles. The number of aromatic amines is 1. The minimum Gasteiger partial charge on any atom is -0.494 e. The molecule has 0 amide bonds. The van der Waals surface area contributed by atoms with Crippen molar-refractivity contribution < 1.29 is 9.84 Å². The van der Waals surface area contributed by atoms with Crippen LogP contribution in [0.25, 0.3) is 0 Å². The van der Waals surface area contributed by atoms with E-state index in [-0.39, 0.29) is 16.2 Å². The first kappa shape index (κ1) is 18.1.